The molecule has 0 spiro atoms. The maximum Gasteiger partial charge on any atom is 0.299 e. The first-order chi connectivity index (χ1) is 7.68. The van der Waals surface area contributed by atoms with Crippen LogP contribution in [0.2, 0.25) is 0 Å². The molecule has 0 bridgehead atoms. The van der Waals surface area contributed by atoms with E-state index >= 15 is 0 Å². The van der Waals surface area contributed by atoms with Gasteiger partial charge < -0.3 is 4.90 Å². The van der Waals surface area contributed by atoms with Gasteiger partial charge in [0.25, 0.3) is 6.43 Å². The van der Waals surface area contributed by atoms with Gasteiger partial charge in [-0.1, -0.05) is 18.2 Å². The van der Waals surface area contributed by atoms with E-state index in [1.807, 2.05) is 29.2 Å². The molecule has 0 radical (unpaired) electrons. The number of benzene rings is 1. The third kappa shape index (κ3) is 2.10. The number of nitrogens with zero attached hydrogens (tertiary/aromatic N) is 1. The molecule has 1 aromatic carbocycles. The Hall–Kier alpha value is -1.71. The number of halogens is 2. The average Bonchev–Trinajstić information content (AvgIpc) is 2.69. The maximum absolute atomic E-state index is 12.0. The molecule has 1 aliphatic rings. The van der Waals surface area contributed by atoms with Crippen molar-refractivity contribution in [2.24, 2.45) is 0 Å². The Labute approximate surface area is 92.2 Å². The lowest BCUT2D eigenvalue weighted by molar-refractivity contribution is -0.124. The molecule has 1 aliphatic heterocycles. The summed E-state index contributed by atoms with van der Waals surface area (Å²) in [6.45, 7) is 0.729. The van der Waals surface area contributed by atoms with E-state index < -0.39 is 12.2 Å². The van der Waals surface area contributed by atoms with Gasteiger partial charge in [0.15, 0.2) is 0 Å². The largest absolute Gasteiger partial charge is 0.347 e. The van der Waals surface area contributed by atoms with Crippen LogP contribution in [0.4, 0.5) is 14.5 Å². The lowest BCUT2D eigenvalue weighted by Crippen LogP contribution is -2.14. The maximum atomic E-state index is 12.0. The van der Waals surface area contributed by atoms with Gasteiger partial charge in [0.1, 0.15) is 0 Å². The van der Waals surface area contributed by atoms with Crippen molar-refractivity contribution in [1.29, 1.82) is 0 Å². The minimum atomic E-state index is -2.92. The normalized spacial score (nSPS) is 14.8. The van der Waals surface area contributed by atoms with E-state index in [-0.39, 0.29) is 0 Å². The zero-order valence-corrected chi connectivity index (χ0v) is 8.57. The lowest BCUT2D eigenvalue weighted by Gasteiger charge is -2.12. The highest BCUT2D eigenvalue weighted by Crippen LogP contribution is 2.27. The van der Waals surface area contributed by atoms with Gasteiger partial charge >= 0.3 is 0 Å². The monoisotopic (exact) mass is 223 g/mol. The average molecular weight is 223 g/mol. The molecule has 0 aliphatic carbocycles. The fourth-order valence-corrected chi connectivity index (χ4v) is 1.75. The van der Waals surface area contributed by atoms with Gasteiger partial charge in [-0.3, -0.25) is 4.79 Å². The Morgan fingerprint density at radius 3 is 2.88 bits per heavy atom. The first-order valence-corrected chi connectivity index (χ1v) is 5.03. The van der Waals surface area contributed by atoms with Crippen LogP contribution in [-0.2, 0) is 11.2 Å². The van der Waals surface area contributed by atoms with Crippen LogP contribution in [0.1, 0.15) is 5.56 Å². The van der Waals surface area contributed by atoms with Crippen molar-refractivity contribution in [3.8, 4) is 0 Å². The van der Waals surface area contributed by atoms with E-state index in [1.54, 1.807) is 0 Å². The highest BCUT2D eigenvalue weighted by molar-refractivity contribution is 5.92. The van der Waals surface area contributed by atoms with Gasteiger partial charge in [0, 0.05) is 24.5 Å². The number of ketones is 1. The number of rotatable bonds is 3. The summed E-state index contributed by atoms with van der Waals surface area (Å²) in [7, 11) is 0. The van der Waals surface area contributed by atoms with Crippen LogP contribution >= 0.6 is 0 Å². The first kappa shape index (κ1) is 10.8. The Balaban J connectivity index is 2.12. The van der Waals surface area contributed by atoms with Crippen LogP contribution in [0.15, 0.2) is 36.5 Å². The number of carbonyl (C=O) groups is 1. The minimum absolute atomic E-state index is 0.729. The molecule has 0 amide bonds. The van der Waals surface area contributed by atoms with Crippen LogP contribution in [0, 0.1) is 0 Å². The number of anilines is 1. The predicted molar refractivity (Wildman–Crippen MR) is 57.6 cm³/mol. The molecule has 0 atom stereocenters. The second-order valence-corrected chi connectivity index (χ2v) is 3.59. The third-order valence-corrected chi connectivity index (χ3v) is 2.56. The Morgan fingerprint density at radius 2 is 2.12 bits per heavy atom. The predicted octanol–water partition coefficient (Wildman–Crippen LogP) is 2.40. The van der Waals surface area contributed by atoms with Crippen molar-refractivity contribution < 1.29 is 13.6 Å². The Morgan fingerprint density at radius 1 is 1.38 bits per heavy atom. The number of fused-ring (bicyclic) bond motifs is 1. The smallest absolute Gasteiger partial charge is 0.299 e. The number of alkyl halides is 2. The topological polar surface area (TPSA) is 20.3 Å². The fourth-order valence-electron chi connectivity index (χ4n) is 1.75. The molecule has 2 rings (SSSR count). The van der Waals surface area contributed by atoms with Crippen LogP contribution < -0.4 is 4.90 Å². The van der Waals surface area contributed by atoms with Crippen LogP contribution in [0.5, 0.6) is 0 Å². The molecule has 1 aromatic rings. The van der Waals surface area contributed by atoms with E-state index in [0.717, 1.165) is 24.7 Å². The van der Waals surface area contributed by atoms with Crippen molar-refractivity contribution in [3.05, 3.63) is 42.1 Å². The van der Waals surface area contributed by atoms with Crippen molar-refractivity contribution in [2.75, 3.05) is 11.4 Å². The van der Waals surface area contributed by atoms with Crippen LogP contribution in [0.3, 0.4) is 0 Å². The van der Waals surface area contributed by atoms with Gasteiger partial charge in [-0.15, -0.1) is 0 Å². The van der Waals surface area contributed by atoms with Gasteiger partial charge in [-0.2, -0.15) is 0 Å². The lowest BCUT2D eigenvalue weighted by atomic mass is 10.2. The molecule has 1 heterocycles. The zero-order valence-electron chi connectivity index (χ0n) is 8.57. The molecule has 0 unspecified atom stereocenters. The summed E-state index contributed by atoms with van der Waals surface area (Å²) in [5, 5.41) is 0. The summed E-state index contributed by atoms with van der Waals surface area (Å²) in [5.41, 5.74) is 2.16. The summed E-state index contributed by atoms with van der Waals surface area (Å²) >= 11 is 0. The third-order valence-electron chi connectivity index (χ3n) is 2.56. The SMILES string of the molecule is O=C(/C=C\N1CCc2ccccc21)C(F)F. The Kier molecular flexibility index (Phi) is 2.99. The van der Waals surface area contributed by atoms with E-state index in [1.165, 1.54) is 11.8 Å². The summed E-state index contributed by atoms with van der Waals surface area (Å²) in [4.78, 5) is 12.6. The summed E-state index contributed by atoms with van der Waals surface area (Å²) in [6.07, 6.45) is 0.324. The van der Waals surface area contributed by atoms with E-state index in [9.17, 15) is 13.6 Å². The molecule has 16 heavy (non-hydrogen) atoms. The van der Waals surface area contributed by atoms with E-state index in [2.05, 4.69) is 0 Å². The summed E-state index contributed by atoms with van der Waals surface area (Å²) in [6, 6.07) is 7.74. The zero-order chi connectivity index (χ0) is 11.5. The van der Waals surface area contributed by atoms with Gasteiger partial charge in [0.2, 0.25) is 5.78 Å². The summed E-state index contributed by atoms with van der Waals surface area (Å²) in [5.74, 6) is -1.15. The molecular weight excluding hydrogens is 212 g/mol. The number of carbonyl (C=O) groups excluding carboxylic acids is 1. The second kappa shape index (κ2) is 4.43. The van der Waals surface area contributed by atoms with Gasteiger partial charge in [-0.25, -0.2) is 8.78 Å². The number of allylic oxidation sites excluding steroid dienone is 1. The second-order valence-electron chi connectivity index (χ2n) is 3.59. The molecule has 2 nitrogen and oxygen atoms in total. The Bertz CT molecular complexity index is 429. The molecule has 84 valence electrons. The highest BCUT2D eigenvalue weighted by atomic mass is 19.3. The number of para-hydroxylation sites is 1. The highest BCUT2D eigenvalue weighted by Gasteiger charge is 2.17. The van der Waals surface area contributed by atoms with Crippen molar-refractivity contribution in [2.45, 2.75) is 12.8 Å². The first-order valence-electron chi connectivity index (χ1n) is 5.03. The molecule has 0 saturated heterocycles. The van der Waals surface area contributed by atoms with Crippen molar-refractivity contribution in [3.63, 3.8) is 0 Å². The molecule has 4 heteroatoms. The molecule has 0 fully saturated rings. The molecule has 0 aromatic heterocycles. The molecule has 0 N–H and O–H groups in total. The van der Waals surface area contributed by atoms with Gasteiger partial charge in [-0.05, 0) is 18.1 Å². The van der Waals surface area contributed by atoms with Crippen LogP contribution in [-0.4, -0.2) is 18.8 Å². The fraction of sp³-hybridized carbons (Fsp3) is 0.250. The molecular formula is C12H11F2NO. The minimum Gasteiger partial charge on any atom is -0.347 e. The standard InChI is InChI=1S/C12H11F2NO/c13-12(14)11(16)6-8-15-7-5-9-3-1-2-4-10(9)15/h1-4,6,8,12H,5,7H2/b8-6-. The number of hydrogen-bond acceptors (Lipinski definition) is 2. The van der Waals surface area contributed by atoms with E-state index in [0.29, 0.717) is 0 Å². The summed E-state index contributed by atoms with van der Waals surface area (Å²) < 4.78 is 24.0. The number of hydrogen-bond donors (Lipinski definition) is 0. The quantitative estimate of drug-likeness (QED) is 0.733. The van der Waals surface area contributed by atoms with Crippen molar-refractivity contribution >= 4 is 11.5 Å². The van der Waals surface area contributed by atoms with Crippen LogP contribution in [0.25, 0.3) is 0 Å². The molecule has 0 saturated carbocycles. The van der Waals surface area contributed by atoms with E-state index in [4.69, 9.17) is 0 Å². The van der Waals surface area contributed by atoms with Crippen molar-refractivity contribution in [1.82, 2.24) is 0 Å². The van der Waals surface area contributed by atoms with Gasteiger partial charge in [0.05, 0.1) is 0 Å².